The average molecular weight is 350 g/mol. The van der Waals surface area contributed by atoms with Crippen molar-refractivity contribution in [2.45, 2.75) is 13.0 Å². The Kier molecular flexibility index (Phi) is 6.08. The van der Waals surface area contributed by atoms with E-state index in [-0.39, 0.29) is 5.91 Å². The SMILES string of the molecule is CN(C)CCCOC1=C(c2ccccc2)CN(Cc2ccccc2)C1=O. The number of benzene rings is 2. The second kappa shape index (κ2) is 8.68. The third-order valence-electron chi connectivity index (χ3n) is 4.44. The van der Waals surface area contributed by atoms with Crippen molar-refractivity contribution in [3.63, 3.8) is 0 Å². The van der Waals surface area contributed by atoms with Crippen LogP contribution in [0, 0.1) is 0 Å². The highest BCUT2D eigenvalue weighted by molar-refractivity contribution is 6.04. The minimum absolute atomic E-state index is 0.0161. The van der Waals surface area contributed by atoms with E-state index >= 15 is 0 Å². The van der Waals surface area contributed by atoms with Gasteiger partial charge in [-0.05, 0) is 31.6 Å². The summed E-state index contributed by atoms with van der Waals surface area (Å²) in [5, 5.41) is 0. The lowest BCUT2D eigenvalue weighted by molar-refractivity contribution is -0.129. The molecule has 1 amide bonds. The maximum absolute atomic E-state index is 13.0. The summed E-state index contributed by atoms with van der Waals surface area (Å²) in [5.74, 6) is 0.489. The van der Waals surface area contributed by atoms with Crippen molar-refractivity contribution in [1.82, 2.24) is 9.80 Å². The van der Waals surface area contributed by atoms with E-state index < -0.39 is 0 Å². The van der Waals surface area contributed by atoms with Crippen LogP contribution in [0.3, 0.4) is 0 Å². The van der Waals surface area contributed by atoms with Crippen LogP contribution in [0.5, 0.6) is 0 Å². The fourth-order valence-electron chi connectivity index (χ4n) is 3.10. The molecule has 1 aliphatic rings. The first kappa shape index (κ1) is 18.2. The molecule has 0 unspecified atom stereocenters. The van der Waals surface area contributed by atoms with Crippen molar-refractivity contribution < 1.29 is 9.53 Å². The standard InChI is InChI=1S/C22H26N2O2/c1-23(2)14-9-15-26-21-20(19-12-7-4-8-13-19)17-24(22(21)25)16-18-10-5-3-6-11-18/h3-8,10-13H,9,14-17H2,1-2H3. The Balaban J connectivity index is 1.76. The Hall–Kier alpha value is -2.59. The highest BCUT2D eigenvalue weighted by Crippen LogP contribution is 2.29. The maximum Gasteiger partial charge on any atom is 0.289 e. The summed E-state index contributed by atoms with van der Waals surface area (Å²) in [6.45, 7) is 2.67. The van der Waals surface area contributed by atoms with Crippen molar-refractivity contribution in [3.8, 4) is 0 Å². The summed E-state index contributed by atoms with van der Waals surface area (Å²) in [6, 6.07) is 20.1. The second-order valence-electron chi connectivity index (χ2n) is 6.83. The van der Waals surface area contributed by atoms with Gasteiger partial charge in [0.2, 0.25) is 0 Å². The minimum Gasteiger partial charge on any atom is -0.488 e. The van der Waals surface area contributed by atoms with E-state index in [9.17, 15) is 4.79 Å². The Morgan fingerprint density at radius 2 is 1.65 bits per heavy atom. The Morgan fingerprint density at radius 3 is 2.31 bits per heavy atom. The van der Waals surface area contributed by atoms with Gasteiger partial charge in [-0.25, -0.2) is 0 Å². The molecule has 0 fully saturated rings. The van der Waals surface area contributed by atoms with Gasteiger partial charge in [0, 0.05) is 18.7 Å². The average Bonchev–Trinajstić information content (AvgIpc) is 2.96. The fourth-order valence-corrected chi connectivity index (χ4v) is 3.10. The first-order chi connectivity index (χ1) is 12.6. The summed E-state index contributed by atoms with van der Waals surface area (Å²) in [7, 11) is 4.08. The van der Waals surface area contributed by atoms with E-state index in [1.54, 1.807) is 0 Å². The molecule has 0 spiro atoms. The second-order valence-corrected chi connectivity index (χ2v) is 6.83. The zero-order chi connectivity index (χ0) is 18.4. The summed E-state index contributed by atoms with van der Waals surface area (Å²) >= 11 is 0. The van der Waals surface area contributed by atoms with Crippen LogP contribution in [0.2, 0.25) is 0 Å². The molecule has 0 saturated heterocycles. The van der Waals surface area contributed by atoms with Crippen molar-refractivity contribution in [2.24, 2.45) is 0 Å². The van der Waals surface area contributed by atoms with Gasteiger partial charge in [0.05, 0.1) is 13.2 Å². The summed E-state index contributed by atoms with van der Waals surface area (Å²) in [4.78, 5) is 16.9. The predicted octanol–water partition coefficient (Wildman–Crippen LogP) is 3.41. The molecule has 0 saturated carbocycles. The molecule has 4 nitrogen and oxygen atoms in total. The Labute approximate surface area is 155 Å². The molecule has 26 heavy (non-hydrogen) atoms. The number of rotatable bonds is 8. The molecule has 136 valence electrons. The highest BCUT2D eigenvalue weighted by Gasteiger charge is 2.32. The van der Waals surface area contributed by atoms with E-state index in [1.807, 2.05) is 79.7 Å². The molecule has 0 aliphatic carbocycles. The molecule has 2 aromatic rings. The molecule has 4 heteroatoms. The van der Waals surface area contributed by atoms with E-state index in [0.717, 1.165) is 29.7 Å². The third kappa shape index (κ3) is 4.52. The molecule has 1 aliphatic heterocycles. The quantitative estimate of drug-likeness (QED) is 0.684. The van der Waals surface area contributed by atoms with E-state index in [1.165, 1.54) is 0 Å². The molecular formula is C22H26N2O2. The van der Waals surface area contributed by atoms with Crippen LogP contribution in [0.4, 0.5) is 0 Å². The van der Waals surface area contributed by atoms with Gasteiger partial charge >= 0.3 is 0 Å². The van der Waals surface area contributed by atoms with Gasteiger partial charge in [0.15, 0.2) is 5.76 Å². The first-order valence-corrected chi connectivity index (χ1v) is 9.04. The summed E-state index contributed by atoms with van der Waals surface area (Å²) in [5.41, 5.74) is 3.16. The highest BCUT2D eigenvalue weighted by atomic mass is 16.5. The number of nitrogens with zero attached hydrogens (tertiary/aromatic N) is 2. The van der Waals surface area contributed by atoms with E-state index in [2.05, 4.69) is 4.90 Å². The van der Waals surface area contributed by atoms with Crippen LogP contribution < -0.4 is 0 Å². The number of hydrogen-bond donors (Lipinski definition) is 0. The Bertz CT molecular complexity index is 754. The van der Waals surface area contributed by atoms with Gasteiger partial charge in [-0.1, -0.05) is 60.7 Å². The molecule has 0 aromatic heterocycles. The van der Waals surface area contributed by atoms with Gasteiger partial charge < -0.3 is 14.5 Å². The topological polar surface area (TPSA) is 32.8 Å². The van der Waals surface area contributed by atoms with Crippen molar-refractivity contribution >= 4 is 11.5 Å². The normalized spacial score (nSPS) is 14.4. The molecule has 2 aromatic carbocycles. The van der Waals surface area contributed by atoms with E-state index in [0.29, 0.717) is 25.5 Å². The fraction of sp³-hybridized carbons (Fsp3) is 0.318. The van der Waals surface area contributed by atoms with Crippen molar-refractivity contribution in [3.05, 3.63) is 77.5 Å². The summed E-state index contributed by atoms with van der Waals surface area (Å²) < 4.78 is 5.96. The number of hydrogen-bond acceptors (Lipinski definition) is 3. The lowest BCUT2D eigenvalue weighted by Gasteiger charge is -2.17. The van der Waals surface area contributed by atoms with Gasteiger partial charge in [-0.2, -0.15) is 0 Å². The molecule has 3 rings (SSSR count). The molecule has 0 radical (unpaired) electrons. The molecule has 0 bridgehead atoms. The molecule has 0 atom stereocenters. The lowest BCUT2D eigenvalue weighted by atomic mass is 10.1. The number of carbonyl (C=O) groups is 1. The van der Waals surface area contributed by atoms with Gasteiger partial charge in [0.25, 0.3) is 5.91 Å². The number of ether oxygens (including phenoxy) is 1. The monoisotopic (exact) mass is 350 g/mol. The van der Waals surface area contributed by atoms with Crippen LogP contribution in [0.1, 0.15) is 17.5 Å². The molecule has 0 N–H and O–H groups in total. The lowest BCUT2D eigenvalue weighted by Crippen LogP contribution is -2.27. The Morgan fingerprint density at radius 1 is 1.00 bits per heavy atom. The van der Waals surface area contributed by atoms with Gasteiger partial charge in [0.1, 0.15) is 0 Å². The third-order valence-corrected chi connectivity index (χ3v) is 4.44. The maximum atomic E-state index is 13.0. The van der Waals surface area contributed by atoms with Crippen LogP contribution >= 0.6 is 0 Å². The molecular weight excluding hydrogens is 324 g/mol. The number of carbonyl (C=O) groups excluding carboxylic acids is 1. The van der Waals surface area contributed by atoms with Gasteiger partial charge in [-0.3, -0.25) is 4.79 Å². The van der Waals surface area contributed by atoms with Gasteiger partial charge in [-0.15, -0.1) is 0 Å². The van der Waals surface area contributed by atoms with Crippen molar-refractivity contribution in [2.75, 3.05) is 33.8 Å². The van der Waals surface area contributed by atoms with Crippen LogP contribution in [0.15, 0.2) is 66.4 Å². The first-order valence-electron chi connectivity index (χ1n) is 9.04. The zero-order valence-electron chi connectivity index (χ0n) is 15.5. The summed E-state index contributed by atoms with van der Waals surface area (Å²) in [6.07, 6.45) is 0.893. The van der Waals surface area contributed by atoms with Crippen LogP contribution in [0.25, 0.3) is 5.57 Å². The predicted molar refractivity (Wildman–Crippen MR) is 104 cm³/mol. The molecule has 1 heterocycles. The largest absolute Gasteiger partial charge is 0.488 e. The van der Waals surface area contributed by atoms with Crippen LogP contribution in [-0.2, 0) is 16.1 Å². The van der Waals surface area contributed by atoms with E-state index in [4.69, 9.17) is 4.74 Å². The smallest absolute Gasteiger partial charge is 0.289 e. The minimum atomic E-state index is -0.0161. The zero-order valence-corrected chi connectivity index (χ0v) is 15.5. The van der Waals surface area contributed by atoms with Crippen molar-refractivity contribution in [1.29, 1.82) is 0 Å². The number of amides is 1. The van der Waals surface area contributed by atoms with Crippen LogP contribution in [-0.4, -0.2) is 49.5 Å².